The van der Waals surface area contributed by atoms with Crippen molar-refractivity contribution in [3.8, 4) is 0 Å². The van der Waals surface area contributed by atoms with Crippen LogP contribution in [0.15, 0.2) is 58.9 Å². The molecule has 1 unspecified atom stereocenters. The Labute approximate surface area is 183 Å². The van der Waals surface area contributed by atoms with Crippen LogP contribution in [0.5, 0.6) is 0 Å². The van der Waals surface area contributed by atoms with E-state index < -0.39 is 12.0 Å². The quantitative estimate of drug-likeness (QED) is 0.386. The first-order valence-corrected chi connectivity index (χ1v) is 11.0. The molecule has 156 valence electrons. The predicted molar refractivity (Wildman–Crippen MR) is 119 cm³/mol. The standard InChI is InChI=1S/C21H22N4O3S2/c1-14-7-6-10-16(11-14)22-20-24-25-21(30-20)29-13-18(26)23-17(19(27)28-2)12-15-8-4-3-5-9-15/h3-11,17H,12-13H2,1-2H3,(H,22,24)(H,23,26). The van der Waals surface area contributed by atoms with Gasteiger partial charge < -0.3 is 15.4 Å². The van der Waals surface area contributed by atoms with Gasteiger partial charge in [-0.1, -0.05) is 65.6 Å². The molecule has 0 aliphatic carbocycles. The molecule has 0 saturated heterocycles. The fourth-order valence-corrected chi connectivity index (χ4v) is 4.30. The van der Waals surface area contributed by atoms with Crippen molar-refractivity contribution in [3.63, 3.8) is 0 Å². The van der Waals surface area contributed by atoms with Crippen LogP contribution in [0.4, 0.5) is 10.8 Å². The second-order valence-electron chi connectivity index (χ2n) is 6.49. The number of carbonyl (C=O) groups excluding carboxylic acids is 2. The third-order valence-corrected chi connectivity index (χ3v) is 6.08. The van der Waals surface area contributed by atoms with Crippen LogP contribution in [0.3, 0.4) is 0 Å². The van der Waals surface area contributed by atoms with Gasteiger partial charge in [0.25, 0.3) is 0 Å². The Morgan fingerprint density at radius 3 is 2.67 bits per heavy atom. The highest BCUT2D eigenvalue weighted by Crippen LogP contribution is 2.27. The van der Waals surface area contributed by atoms with E-state index in [1.54, 1.807) is 0 Å². The molecule has 0 radical (unpaired) electrons. The SMILES string of the molecule is COC(=O)C(Cc1ccccc1)NC(=O)CSc1nnc(Nc2cccc(C)c2)s1. The van der Waals surface area contributed by atoms with Crippen molar-refractivity contribution in [2.45, 2.75) is 23.7 Å². The van der Waals surface area contributed by atoms with Gasteiger partial charge in [0.15, 0.2) is 4.34 Å². The first-order chi connectivity index (χ1) is 14.5. The molecule has 0 fully saturated rings. The van der Waals surface area contributed by atoms with Crippen molar-refractivity contribution in [1.82, 2.24) is 15.5 Å². The maximum Gasteiger partial charge on any atom is 0.328 e. The highest BCUT2D eigenvalue weighted by molar-refractivity contribution is 8.01. The number of nitrogens with zero attached hydrogens (tertiary/aromatic N) is 2. The Hall–Kier alpha value is -2.91. The van der Waals surface area contributed by atoms with Gasteiger partial charge in [0.05, 0.1) is 12.9 Å². The molecule has 1 aromatic heterocycles. The average Bonchev–Trinajstić information content (AvgIpc) is 3.19. The van der Waals surface area contributed by atoms with Crippen LogP contribution in [0.2, 0.25) is 0 Å². The number of aryl methyl sites for hydroxylation is 1. The number of aromatic nitrogens is 2. The number of thioether (sulfide) groups is 1. The number of rotatable bonds is 9. The molecule has 1 atom stereocenters. The van der Waals surface area contributed by atoms with E-state index in [4.69, 9.17) is 4.74 Å². The van der Waals surface area contributed by atoms with Crippen LogP contribution in [-0.2, 0) is 20.7 Å². The molecule has 2 aromatic carbocycles. The van der Waals surface area contributed by atoms with Gasteiger partial charge in [-0.05, 0) is 30.2 Å². The smallest absolute Gasteiger partial charge is 0.328 e. The minimum Gasteiger partial charge on any atom is -0.467 e. The summed E-state index contributed by atoms with van der Waals surface area (Å²) in [5.74, 6) is -0.617. The van der Waals surface area contributed by atoms with Gasteiger partial charge in [0.2, 0.25) is 11.0 Å². The van der Waals surface area contributed by atoms with Crippen LogP contribution >= 0.6 is 23.1 Å². The number of ether oxygens (including phenoxy) is 1. The van der Waals surface area contributed by atoms with Crippen LogP contribution in [-0.4, -0.2) is 41.0 Å². The molecule has 9 heteroatoms. The Bertz CT molecular complexity index is 995. The largest absolute Gasteiger partial charge is 0.467 e. The molecule has 0 saturated carbocycles. The van der Waals surface area contributed by atoms with E-state index in [0.29, 0.717) is 15.9 Å². The first kappa shape index (κ1) is 21.8. The van der Waals surface area contributed by atoms with Gasteiger partial charge in [-0.15, -0.1) is 10.2 Å². The second kappa shape index (κ2) is 10.7. The van der Waals surface area contributed by atoms with Crippen molar-refractivity contribution >= 4 is 45.8 Å². The molecular formula is C21H22N4O3S2. The number of amides is 1. The minimum absolute atomic E-state index is 0.126. The lowest BCUT2D eigenvalue weighted by Crippen LogP contribution is -2.43. The van der Waals surface area contributed by atoms with Crippen molar-refractivity contribution in [2.24, 2.45) is 0 Å². The number of nitrogens with one attached hydrogen (secondary N) is 2. The zero-order chi connectivity index (χ0) is 21.3. The lowest BCUT2D eigenvalue weighted by atomic mass is 10.1. The van der Waals surface area contributed by atoms with Crippen LogP contribution in [0.25, 0.3) is 0 Å². The first-order valence-electron chi connectivity index (χ1n) is 9.24. The highest BCUT2D eigenvalue weighted by atomic mass is 32.2. The Balaban J connectivity index is 1.52. The number of methoxy groups -OCH3 is 1. The van der Waals surface area contributed by atoms with Crippen molar-refractivity contribution in [3.05, 3.63) is 65.7 Å². The third-order valence-electron chi connectivity index (χ3n) is 4.11. The molecule has 0 aliphatic rings. The van der Waals surface area contributed by atoms with Gasteiger partial charge in [-0.25, -0.2) is 4.79 Å². The topological polar surface area (TPSA) is 93.2 Å². The maximum atomic E-state index is 12.4. The summed E-state index contributed by atoms with van der Waals surface area (Å²) in [6, 6.07) is 16.7. The number of carbonyl (C=O) groups is 2. The summed E-state index contributed by atoms with van der Waals surface area (Å²) in [7, 11) is 1.31. The monoisotopic (exact) mass is 442 g/mol. The number of hydrogen-bond donors (Lipinski definition) is 2. The third kappa shape index (κ3) is 6.57. The molecule has 7 nitrogen and oxygen atoms in total. The summed E-state index contributed by atoms with van der Waals surface area (Å²) in [6.45, 7) is 2.02. The fourth-order valence-electron chi connectivity index (χ4n) is 2.71. The molecule has 0 aliphatic heterocycles. The van der Waals surface area contributed by atoms with Gasteiger partial charge in [0.1, 0.15) is 6.04 Å². The summed E-state index contributed by atoms with van der Waals surface area (Å²) < 4.78 is 5.49. The fraction of sp³-hybridized carbons (Fsp3) is 0.238. The summed E-state index contributed by atoms with van der Waals surface area (Å²) in [6.07, 6.45) is 0.368. The van der Waals surface area contributed by atoms with E-state index in [1.165, 1.54) is 30.2 Å². The summed E-state index contributed by atoms with van der Waals surface area (Å²) >= 11 is 2.64. The zero-order valence-electron chi connectivity index (χ0n) is 16.6. The lowest BCUT2D eigenvalue weighted by molar-refractivity contribution is -0.144. The molecule has 1 heterocycles. The zero-order valence-corrected chi connectivity index (χ0v) is 18.3. The minimum atomic E-state index is -0.738. The Kier molecular flexibility index (Phi) is 7.81. The van der Waals surface area contributed by atoms with E-state index in [-0.39, 0.29) is 11.7 Å². The van der Waals surface area contributed by atoms with Crippen molar-refractivity contribution in [1.29, 1.82) is 0 Å². The summed E-state index contributed by atoms with van der Waals surface area (Å²) in [4.78, 5) is 24.4. The van der Waals surface area contributed by atoms with Crippen LogP contribution in [0, 0.1) is 6.92 Å². The number of benzene rings is 2. The Morgan fingerprint density at radius 2 is 1.93 bits per heavy atom. The van der Waals surface area contributed by atoms with E-state index in [2.05, 4.69) is 20.8 Å². The van der Waals surface area contributed by atoms with E-state index in [1.807, 2.05) is 61.5 Å². The van der Waals surface area contributed by atoms with E-state index in [0.717, 1.165) is 16.8 Å². The van der Waals surface area contributed by atoms with Crippen LogP contribution < -0.4 is 10.6 Å². The number of esters is 1. The van der Waals surface area contributed by atoms with Gasteiger partial charge in [-0.3, -0.25) is 4.79 Å². The Morgan fingerprint density at radius 1 is 1.13 bits per heavy atom. The van der Waals surface area contributed by atoms with E-state index >= 15 is 0 Å². The van der Waals surface area contributed by atoms with Crippen LogP contribution in [0.1, 0.15) is 11.1 Å². The molecule has 2 N–H and O–H groups in total. The van der Waals surface area contributed by atoms with Gasteiger partial charge in [-0.2, -0.15) is 0 Å². The molecule has 3 aromatic rings. The van der Waals surface area contributed by atoms with Gasteiger partial charge >= 0.3 is 5.97 Å². The molecule has 30 heavy (non-hydrogen) atoms. The summed E-state index contributed by atoms with van der Waals surface area (Å²) in [5, 5.41) is 14.8. The molecule has 0 bridgehead atoms. The molecular weight excluding hydrogens is 420 g/mol. The van der Waals surface area contributed by atoms with E-state index in [9.17, 15) is 9.59 Å². The average molecular weight is 443 g/mol. The normalized spacial score (nSPS) is 11.5. The number of anilines is 2. The maximum absolute atomic E-state index is 12.4. The molecule has 0 spiro atoms. The van der Waals surface area contributed by atoms with Gasteiger partial charge in [0, 0.05) is 12.1 Å². The lowest BCUT2D eigenvalue weighted by Gasteiger charge is -2.16. The second-order valence-corrected chi connectivity index (χ2v) is 8.69. The highest BCUT2D eigenvalue weighted by Gasteiger charge is 2.22. The van der Waals surface area contributed by atoms with Crippen molar-refractivity contribution < 1.29 is 14.3 Å². The molecule has 3 rings (SSSR count). The molecule has 1 amide bonds. The predicted octanol–water partition coefficient (Wildman–Crippen LogP) is 3.58. The summed E-state index contributed by atoms with van der Waals surface area (Å²) in [5.41, 5.74) is 3.02. The number of hydrogen-bond acceptors (Lipinski definition) is 8. The van der Waals surface area contributed by atoms with Crippen molar-refractivity contribution in [2.75, 3.05) is 18.2 Å².